The van der Waals surface area contributed by atoms with Crippen molar-refractivity contribution in [1.82, 2.24) is 15.2 Å². The van der Waals surface area contributed by atoms with Crippen molar-refractivity contribution in [3.8, 4) is 11.3 Å². The molecule has 0 amide bonds. The van der Waals surface area contributed by atoms with Crippen LogP contribution in [0, 0.1) is 6.92 Å². The first kappa shape index (κ1) is 9.39. The fourth-order valence-electron chi connectivity index (χ4n) is 1.37. The monoisotopic (exact) mass is 203 g/mol. The molecule has 0 aliphatic rings. The van der Waals surface area contributed by atoms with Gasteiger partial charge in [0.1, 0.15) is 5.56 Å². The number of hydrogen-bond acceptors (Lipinski definition) is 3. The third-order valence-corrected chi connectivity index (χ3v) is 2.06. The predicted octanol–water partition coefficient (Wildman–Crippen LogP) is 1.48. The number of aryl methyl sites for hydroxylation is 1. The van der Waals surface area contributed by atoms with E-state index in [-0.39, 0.29) is 5.56 Å². The third kappa shape index (κ3) is 1.71. The van der Waals surface area contributed by atoms with Gasteiger partial charge in [0.15, 0.2) is 0 Å². The van der Waals surface area contributed by atoms with Crippen LogP contribution in [0.5, 0.6) is 0 Å². The summed E-state index contributed by atoms with van der Waals surface area (Å²) in [5.74, 6) is -0.992. The van der Waals surface area contributed by atoms with Crippen molar-refractivity contribution in [1.29, 1.82) is 0 Å². The number of pyridine rings is 1. The summed E-state index contributed by atoms with van der Waals surface area (Å²) in [5.41, 5.74) is 2.28. The molecule has 0 aliphatic carbocycles. The summed E-state index contributed by atoms with van der Waals surface area (Å²) in [6.45, 7) is 1.85. The zero-order chi connectivity index (χ0) is 10.8. The number of carbonyl (C=O) groups is 1. The Morgan fingerprint density at radius 2 is 2.33 bits per heavy atom. The van der Waals surface area contributed by atoms with E-state index in [1.807, 2.05) is 6.92 Å². The molecular formula is C10H9N3O2. The number of carboxylic acids is 1. The first-order chi connectivity index (χ1) is 7.18. The van der Waals surface area contributed by atoms with Gasteiger partial charge < -0.3 is 5.11 Å². The van der Waals surface area contributed by atoms with Crippen molar-refractivity contribution in [2.24, 2.45) is 0 Å². The molecule has 2 heterocycles. The lowest BCUT2D eigenvalue weighted by Crippen LogP contribution is -1.97. The molecule has 15 heavy (non-hydrogen) atoms. The fourth-order valence-corrected chi connectivity index (χ4v) is 1.37. The Balaban J connectivity index is 2.54. The van der Waals surface area contributed by atoms with E-state index in [1.165, 1.54) is 6.20 Å². The molecule has 0 bridgehead atoms. The van der Waals surface area contributed by atoms with E-state index in [0.29, 0.717) is 5.69 Å². The van der Waals surface area contributed by atoms with Crippen LogP contribution in [0.25, 0.3) is 11.3 Å². The Hall–Kier alpha value is -2.17. The van der Waals surface area contributed by atoms with Crippen LogP contribution >= 0.6 is 0 Å². The van der Waals surface area contributed by atoms with E-state index >= 15 is 0 Å². The van der Waals surface area contributed by atoms with Gasteiger partial charge in [-0.05, 0) is 19.1 Å². The first-order valence-electron chi connectivity index (χ1n) is 4.38. The maximum absolute atomic E-state index is 10.9. The summed E-state index contributed by atoms with van der Waals surface area (Å²) in [5, 5.41) is 15.3. The van der Waals surface area contributed by atoms with Gasteiger partial charge in [-0.1, -0.05) is 0 Å². The van der Waals surface area contributed by atoms with Crippen LogP contribution in [0.3, 0.4) is 0 Å². The molecule has 2 aromatic heterocycles. The molecule has 0 saturated carbocycles. The molecule has 2 aromatic rings. The summed E-state index contributed by atoms with van der Waals surface area (Å²) < 4.78 is 0. The largest absolute Gasteiger partial charge is 0.478 e. The molecule has 0 radical (unpaired) electrons. The van der Waals surface area contributed by atoms with Crippen molar-refractivity contribution >= 4 is 5.97 Å². The van der Waals surface area contributed by atoms with Crippen molar-refractivity contribution in [3.05, 3.63) is 35.8 Å². The fraction of sp³-hybridized carbons (Fsp3) is 0.100. The van der Waals surface area contributed by atoms with E-state index < -0.39 is 5.97 Å². The topological polar surface area (TPSA) is 78.9 Å². The van der Waals surface area contributed by atoms with Crippen molar-refractivity contribution in [2.75, 3.05) is 0 Å². The molecule has 5 nitrogen and oxygen atoms in total. The van der Waals surface area contributed by atoms with Gasteiger partial charge in [0, 0.05) is 17.5 Å². The molecule has 0 unspecified atom stereocenters. The molecule has 0 spiro atoms. The highest BCUT2D eigenvalue weighted by Crippen LogP contribution is 2.20. The van der Waals surface area contributed by atoms with Crippen LogP contribution in [0.4, 0.5) is 0 Å². The molecule has 76 valence electrons. The second-order valence-electron chi connectivity index (χ2n) is 3.15. The predicted molar refractivity (Wildman–Crippen MR) is 53.5 cm³/mol. The molecule has 5 heteroatoms. The number of aromatic nitrogens is 3. The first-order valence-corrected chi connectivity index (χ1v) is 4.38. The summed E-state index contributed by atoms with van der Waals surface area (Å²) in [4.78, 5) is 14.9. The maximum atomic E-state index is 10.9. The Morgan fingerprint density at radius 1 is 1.53 bits per heavy atom. The third-order valence-electron chi connectivity index (χ3n) is 2.06. The van der Waals surface area contributed by atoms with Crippen LogP contribution in [0.15, 0.2) is 24.5 Å². The van der Waals surface area contributed by atoms with Crippen LogP contribution in [0.1, 0.15) is 16.1 Å². The number of aromatic carboxylic acids is 1. The summed E-state index contributed by atoms with van der Waals surface area (Å²) >= 11 is 0. The molecule has 0 aromatic carbocycles. The summed E-state index contributed by atoms with van der Waals surface area (Å²) in [6.07, 6.45) is 2.94. The Labute approximate surface area is 85.8 Å². The van der Waals surface area contributed by atoms with Crippen LogP contribution in [-0.2, 0) is 0 Å². The van der Waals surface area contributed by atoms with Gasteiger partial charge >= 0.3 is 5.97 Å². The summed E-state index contributed by atoms with van der Waals surface area (Å²) in [6, 6.07) is 3.55. The van der Waals surface area contributed by atoms with Gasteiger partial charge in [-0.2, -0.15) is 5.10 Å². The number of hydrogen-bond donors (Lipinski definition) is 2. The van der Waals surface area contributed by atoms with Gasteiger partial charge in [0.25, 0.3) is 0 Å². The zero-order valence-electron chi connectivity index (χ0n) is 8.06. The van der Waals surface area contributed by atoms with Gasteiger partial charge in [-0.3, -0.25) is 10.1 Å². The second kappa shape index (κ2) is 3.53. The number of nitrogens with zero attached hydrogens (tertiary/aromatic N) is 2. The number of aromatic amines is 1. The highest BCUT2D eigenvalue weighted by molar-refractivity contribution is 5.94. The normalized spacial score (nSPS) is 10.2. The van der Waals surface area contributed by atoms with E-state index in [9.17, 15) is 4.79 Å². The quantitative estimate of drug-likeness (QED) is 0.774. The van der Waals surface area contributed by atoms with Crippen molar-refractivity contribution < 1.29 is 9.90 Å². The van der Waals surface area contributed by atoms with Crippen molar-refractivity contribution in [3.63, 3.8) is 0 Å². The van der Waals surface area contributed by atoms with Crippen LogP contribution in [0.2, 0.25) is 0 Å². The molecule has 0 atom stereocenters. The van der Waals surface area contributed by atoms with Gasteiger partial charge in [-0.25, -0.2) is 4.79 Å². The highest BCUT2D eigenvalue weighted by atomic mass is 16.4. The molecule has 0 saturated heterocycles. The molecule has 2 rings (SSSR count). The lowest BCUT2D eigenvalue weighted by molar-refractivity contribution is 0.0698. The minimum atomic E-state index is -0.992. The van der Waals surface area contributed by atoms with Crippen LogP contribution in [-0.4, -0.2) is 26.3 Å². The smallest absolute Gasteiger partial charge is 0.339 e. The number of carboxylic acid groups (broad SMARTS) is 1. The minimum absolute atomic E-state index is 0.167. The summed E-state index contributed by atoms with van der Waals surface area (Å²) in [7, 11) is 0. The van der Waals surface area contributed by atoms with E-state index in [2.05, 4.69) is 15.2 Å². The lowest BCUT2D eigenvalue weighted by atomic mass is 10.1. The SMILES string of the molecule is Cc1cc(-c2[nH]ncc2C(=O)O)ccn1. The minimum Gasteiger partial charge on any atom is -0.478 e. The average molecular weight is 203 g/mol. The number of rotatable bonds is 2. The van der Waals surface area contributed by atoms with E-state index in [0.717, 1.165) is 11.3 Å². The molecular weight excluding hydrogens is 194 g/mol. The molecule has 0 aliphatic heterocycles. The van der Waals surface area contributed by atoms with Gasteiger partial charge in [-0.15, -0.1) is 0 Å². The number of H-pyrrole nitrogens is 1. The van der Waals surface area contributed by atoms with Gasteiger partial charge in [0.2, 0.25) is 0 Å². The standard InChI is InChI=1S/C10H9N3O2/c1-6-4-7(2-3-11-6)9-8(10(14)15)5-12-13-9/h2-5H,1H3,(H,12,13)(H,14,15). The Bertz CT molecular complexity index is 505. The van der Waals surface area contributed by atoms with E-state index in [1.54, 1.807) is 18.3 Å². The van der Waals surface area contributed by atoms with E-state index in [4.69, 9.17) is 5.11 Å². The molecule has 0 fully saturated rings. The van der Waals surface area contributed by atoms with Crippen LogP contribution < -0.4 is 0 Å². The lowest BCUT2D eigenvalue weighted by Gasteiger charge is -2.00. The maximum Gasteiger partial charge on any atom is 0.339 e. The van der Waals surface area contributed by atoms with Gasteiger partial charge in [0.05, 0.1) is 11.9 Å². The van der Waals surface area contributed by atoms with Crippen molar-refractivity contribution in [2.45, 2.75) is 6.92 Å². The Morgan fingerprint density at radius 3 is 3.00 bits per heavy atom. The average Bonchev–Trinajstić information content (AvgIpc) is 2.65. The second-order valence-corrected chi connectivity index (χ2v) is 3.15. The number of nitrogens with one attached hydrogen (secondary N) is 1. The molecule has 2 N–H and O–H groups in total. The zero-order valence-corrected chi connectivity index (χ0v) is 8.06. The Kier molecular flexibility index (Phi) is 2.21. The highest BCUT2D eigenvalue weighted by Gasteiger charge is 2.13.